The van der Waals surface area contributed by atoms with Gasteiger partial charge in [-0.25, -0.2) is 0 Å². The Labute approximate surface area is 169 Å². The van der Waals surface area contributed by atoms with Gasteiger partial charge in [0.05, 0.1) is 0 Å². The molecular formula is C25H23NO3. The van der Waals surface area contributed by atoms with Crippen LogP contribution in [0, 0.1) is 6.92 Å². The second-order valence-electron chi connectivity index (χ2n) is 7.28. The number of aryl methyl sites for hydroxylation is 2. The van der Waals surface area contributed by atoms with Crippen LogP contribution in [0.4, 0.5) is 0 Å². The number of ether oxygens (including phenoxy) is 1. The Morgan fingerprint density at radius 2 is 1.76 bits per heavy atom. The molecule has 0 spiro atoms. The van der Waals surface area contributed by atoms with Crippen molar-refractivity contribution in [1.29, 1.82) is 0 Å². The molecule has 3 aromatic carbocycles. The summed E-state index contributed by atoms with van der Waals surface area (Å²) in [4.78, 5) is 14.2. The summed E-state index contributed by atoms with van der Waals surface area (Å²) >= 11 is 0. The average molecular weight is 385 g/mol. The Morgan fingerprint density at radius 1 is 0.966 bits per heavy atom. The van der Waals surface area contributed by atoms with Crippen LogP contribution in [0.25, 0.3) is 22.0 Å². The number of carboxylic acid groups (broad SMARTS) is 1. The van der Waals surface area contributed by atoms with Crippen LogP contribution in [0.1, 0.15) is 23.1 Å². The van der Waals surface area contributed by atoms with Gasteiger partial charge in [0.15, 0.2) is 0 Å². The van der Waals surface area contributed by atoms with Gasteiger partial charge < -0.3 is 14.8 Å². The lowest BCUT2D eigenvalue weighted by Gasteiger charge is -2.14. The first-order valence-corrected chi connectivity index (χ1v) is 9.69. The van der Waals surface area contributed by atoms with Gasteiger partial charge >= 0.3 is 5.97 Å². The topological polar surface area (TPSA) is 62.3 Å². The maximum atomic E-state index is 11.0. The lowest BCUT2D eigenvalue weighted by Crippen LogP contribution is -2.00. The number of aromatic nitrogens is 1. The number of fused-ring (bicyclic) bond motifs is 1. The van der Waals surface area contributed by atoms with Crippen molar-refractivity contribution in [3.8, 4) is 16.9 Å². The second-order valence-corrected chi connectivity index (χ2v) is 7.28. The number of benzene rings is 3. The lowest BCUT2D eigenvalue weighted by atomic mass is 9.99. The second kappa shape index (κ2) is 8.23. The normalized spacial score (nSPS) is 10.9. The molecule has 0 aliphatic carbocycles. The van der Waals surface area contributed by atoms with E-state index in [1.165, 1.54) is 5.56 Å². The van der Waals surface area contributed by atoms with Crippen molar-refractivity contribution < 1.29 is 14.6 Å². The Bertz CT molecular complexity index is 1140. The maximum Gasteiger partial charge on any atom is 0.303 e. The molecule has 0 atom stereocenters. The van der Waals surface area contributed by atoms with Gasteiger partial charge in [-0.05, 0) is 65.8 Å². The van der Waals surface area contributed by atoms with Gasteiger partial charge in [-0.1, -0.05) is 42.0 Å². The van der Waals surface area contributed by atoms with Crippen LogP contribution >= 0.6 is 0 Å². The SMILES string of the molecule is Cc1ccc(COc2ccc(CCC(=O)O)cc2-c2ccc3[nH]ccc3c2)cc1. The van der Waals surface area contributed by atoms with Gasteiger partial charge in [0, 0.05) is 23.7 Å². The number of H-pyrrole nitrogens is 1. The summed E-state index contributed by atoms with van der Waals surface area (Å²) in [7, 11) is 0. The first kappa shape index (κ1) is 18.8. The minimum Gasteiger partial charge on any atom is -0.488 e. The van der Waals surface area contributed by atoms with Crippen molar-refractivity contribution in [2.24, 2.45) is 0 Å². The summed E-state index contributed by atoms with van der Waals surface area (Å²) in [6, 6.07) is 22.5. The fraction of sp³-hybridized carbons (Fsp3) is 0.160. The fourth-order valence-electron chi connectivity index (χ4n) is 3.40. The van der Waals surface area contributed by atoms with Crippen LogP contribution in [0.15, 0.2) is 72.9 Å². The third-order valence-corrected chi connectivity index (χ3v) is 5.05. The van der Waals surface area contributed by atoms with E-state index in [0.717, 1.165) is 38.9 Å². The summed E-state index contributed by atoms with van der Waals surface area (Å²) in [6.45, 7) is 2.55. The third kappa shape index (κ3) is 4.49. The highest BCUT2D eigenvalue weighted by Crippen LogP contribution is 2.34. The van der Waals surface area contributed by atoms with E-state index in [2.05, 4.69) is 54.4 Å². The summed E-state index contributed by atoms with van der Waals surface area (Å²) in [5.74, 6) is -0.000439. The smallest absolute Gasteiger partial charge is 0.303 e. The molecule has 0 amide bonds. The number of aromatic amines is 1. The summed E-state index contributed by atoms with van der Waals surface area (Å²) in [6.07, 6.45) is 2.53. The maximum absolute atomic E-state index is 11.0. The molecular weight excluding hydrogens is 362 g/mol. The molecule has 0 radical (unpaired) electrons. The van der Waals surface area contributed by atoms with Crippen LogP contribution < -0.4 is 4.74 Å². The number of carbonyl (C=O) groups is 1. The molecule has 4 nitrogen and oxygen atoms in total. The average Bonchev–Trinajstić information content (AvgIpc) is 3.20. The van der Waals surface area contributed by atoms with E-state index in [-0.39, 0.29) is 6.42 Å². The molecule has 1 aromatic heterocycles. The van der Waals surface area contributed by atoms with Gasteiger partial charge in [0.1, 0.15) is 12.4 Å². The van der Waals surface area contributed by atoms with Crippen molar-refractivity contribution in [1.82, 2.24) is 4.98 Å². The summed E-state index contributed by atoms with van der Waals surface area (Å²) in [5.41, 5.74) is 6.42. The van der Waals surface area contributed by atoms with E-state index in [1.807, 2.05) is 30.5 Å². The first-order chi connectivity index (χ1) is 14.1. The number of rotatable bonds is 7. The number of carboxylic acids is 1. The highest BCUT2D eigenvalue weighted by molar-refractivity contribution is 5.86. The number of hydrogen-bond donors (Lipinski definition) is 2. The highest BCUT2D eigenvalue weighted by Gasteiger charge is 2.11. The molecule has 29 heavy (non-hydrogen) atoms. The van der Waals surface area contributed by atoms with E-state index in [1.54, 1.807) is 0 Å². The van der Waals surface area contributed by atoms with Crippen LogP contribution in [0.3, 0.4) is 0 Å². The van der Waals surface area contributed by atoms with Crippen molar-refractivity contribution in [2.45, 2.75) is 26.4 Å². The molecule has 0 saturated carbocycles. The zero-order valence-electron chi connectivity index (χ0n) is 16.3. The number of nitrogens with one attached hydrogen (secondary N) is 1. The first-order valence-electron chi connectivity index (χ1n) is 9.69. The molecule has 0 aliphatic heterocycles. The highest BCUT2D eigenvalue weighted by atomic mass is 16.5. The molecule has 0 fully saturated rings. The minimum absolute atomic E-state index is 0.111. The molecule has 2 N–H and O–H groups in total. The zero-order valence-corrected chi connectivity index (χ0v) is 16.3. The minimum atomic E-state index is -0.792. The third-order valence-electron chi connectivity index (χ3n) is 5.05. The summed E-state index contributed by atoms with van der Waals surface area (Å²) < 4.78 is 6.17. The number of hydrogen-bond acceptors (Lipinski definition) is 2. The number of aliphatic carboxylic acids is 1. The van der Waals surface area contributed by atoms with Gasteiger partial charge in [-0.2, -0.15) is 0 Å². The van der Waals surface area contributed by atoms with Gasteiger partial charge in [-0.3, -0.25) is 4.79 Å². The lowest BCUT2D eigenvalue weighted by molar-refractivity contribution is -0.136. The molecule has 0 unspecified atom stereocenters. The van der Waals surface area contributed by atoms with Crippen LogP contribution in [0.5, 0.6) is 5.75 Å². The molecule has 0 bridgehead atoms. The molecule has 4 rings (SSSR count). The van der Waals surface area contributed by atoms with Crippen molar-refractivity contribution in [3.05, 3.63) is 89.6 Å². The van der Waals surface area contributed by atoms with Crippen molar-refractivity contribution in [2.75, 3.05) is 0 Å². The molecule has 146 valence electrons. The Morgan fingerprint density at radius 3 is 2.55 bits per heavy atom. The largest absolute Gasteiger partial charge is 0.488 e. The summed E-state index contributed by atoms with van der Waals surface area (Å²) in [5, 5.41) is 10.1. The monoisotopic (exact) mass is 385 g/mol. The predicted molar refractivity (Wildman–Crippen MR) is 115 cm³/mol. The van der Waals surface area contributed by atoms with Crippen LogP contribution in [-0.2, 0) is 17.8 Å². The van der Waals surface area contributed by atoms with Gasteiger partial charge in [0.2, 0.25) is 0 Å². The fourth-order valence-corrected chi connectivity index (χ4v) is 3.40. The van der Waals surface area contributed by atoms with Crippen LogP contribution in [-0.4, -0.2) is 16.1 Å². The van der Waals surface area contributed by atoms with Crippen molar-refractivity contribution in [3.63, 3.8) is 0 Å². The van der Waals surface area contributed by atoms with E-state index >= 15 is 0 Å². The van der Waals surface area contributed by atoms with E-state index in [9.17, 15) is 4.79 Å². The van der Waals surface area contributed by atoms with E-state index in [0.29, 0.717) is 13.0 Å². The van der Waals surface area contributed by atoms with E-state index < -0.39 is 5.97 Å². The molecule has 4 heteroatoms. The predicted octanol–water partition coefficient (Wildman–Crippen LogP) is 5.74. The Kier molecular flexibility index (Phi) is 5.34. The standard InChI is InChI=1S/C25H23NO3/c1-17-2-4-19(5-3-17)16-29-24-10-6-18(7-11-25(27)28)14-22(24)20-8-9-23-21(15-20)12-13-26-23/h2-6,8-10,12-15,26H,7,11,16H2,1H3,(H,27,28). The molecule has 1 heterocycles. The molecule has 0 aliphatic rings. The Balaban J connectivity index is 1.66. The van der Waals surface area contributed by atoms with Gasteiger partial charge in [-0.15, -0.1) is 0 Å². The quantitative estimate of drug-likeness (QED) is 0.426. The van der Waals surface area contributed by atoms with E-state index in [4.69, 9.17) is 9.84 Å². The molecule has 0 saturated heterocycles. The van der Waals surface area contributed by atoms with Crippen LogP contribution in [0.2, 0.25) is 0 Å². The van der Waals surface area contributed by atoms with Gasteiger partial charge in [0.25, 0.3) is 0 Å². The zero-order chi connectivity index (χ0) is 20.2. The molecule has 4 aromatic rings. The Hall–Kier alpha value is -3.53. The van der Waals surface area contributed by atoms with Crippen molar-refractivity contribution >= 4 is 16.9 Å².